The van der Waals surface area contributed by atoms with Crippen LogP contribution in [0, 0.1) is 35.9 Å². The number of terminal acetylenes is 3. The molecule has 0 aliphatic heterocycles. The molecule has 1 nitrogen and oxygen atoms in total. The minimum Gasteiger partial charge on any atom is -0.388 e. The second-order valence-corrected chi connectivity index (χ2v) is 4.83. The fourth-order valence-corrected chi connectivity index (χ4v) is 1.57. The molecule has 0 saturated carbocycles. The van der Waals surface area contributed by atoms with Crippen molar-refractivity contribution in [3.05, 3.63) is 0 Å². The largest absolute Gasteiger partial charge is 0.436 e. The summed E-state index contributed by atoms with van der Waals surface area (Å²) in [5, 5.41) is 0. The number of unbranched alkanes of at least 4 members (excludes halogenated alkanes) is 1. The third-order valence-electron chi connectivity index (χ3n) is 1.43. The van der Waals surface area contributed by atoms with Crippen LogP contribution >= 0.6 is 0 Å². The van der Waals surface area contributed by atoms with Crippen LogP contribution in [-0.2, 0) is 4.43 Å². The molecule has 2 heteroatoms. The van der Waals surface area contributed by atoms with Crippen molar-refractivity contribution in [2.45, 2.75) is 19.8 Å². The molecule has 0 heterocycles. The predicted molar refractivity (Wildman–Crippen MR) is 53.1 cm³/mol. The minimum atomic E-state index is -2.67. The van der Waals surface area contributed by atoms with Crippen molar-refractivity contribution < 1.29 is 4.43 Å². The van der Waals surface area contributed by atoms with Crippen molar-refractivity contribution in [1.82, 2.24) is 0 Å². The highest BCUT2D eigenvalue weighted by molar-refractivity contribution is 6.95. The van der Waals surface area contributed by atoms with Crippen LogP contribution in [0.2, 0.25) is 0 Å². The van der Waals surface area contributed by atoms with E-state index in [1.807, 2.05) is 0 Å². The summed E-state index contributed by atoms with van der Waals surface area (Å²) in [5.41, 5.74) is 7.25. The Bertz CT molecular complexity index is 212. The summed E-state index contributed by atoms with van der Waals surface area (Å²) in [7, 11) is -2.67. The molecule has 0 aromatic heterocycles. The van der Waals surface area contributed by atoms with Gasteiger partial charge < -0.3 is 4.43 Å². The molecule has 0 saturated heterocycles. The van der Waals surface area contributed by atoms with Gasteiger partial charge in [-0.05, 0) is 6.42 Å². The van der Waals surface area contributed by atoms with Crippen molar-refractivity contribution in [3.8, 4) is 35.9 Å². The maximum Gasteiger partial charge on any atom is 0.436 e. The molecule has 0 aliphatic rings. The first-order chi connectivity index (χ1) is 5.74. The Morgan fingerprint density at radius 1 is 1.17 bits per heavy atom. The summed E-state index contributed by atoms with van der Waals surface area (Å²) in [4.78, 5) is 0. The fraction of sp³-hybridized carbons (Fsp3) is 0.400. The lowest BCUT2D eigenvalue weighted by Crippen LogP contribution is -2.34. The Kier molecular flexibility index (Phi) is 4.98. The maximum atomic E-state index is 5.35. The fourth-order valence-electron chi connectivity index (χ4n) is 0.620. The first-order valence-electron chi connectivity index (χ1n) is 3.82. The lowest BCUT2D eigenvalue weighted by Gasteiger charge is -2.12. The van der Waals surface area contributed by atoms with Crippen LogP contribution in [0.4, 0.5) is 0 Å². The monoisotopic (exact) mass is 176 g/mol. The van der Waals surface area contributed by atoms with Crippen LogP contribution in [0.1, 0.15) is 19.8 Å². The topological polar surface area (TPSA) is 9.23 Å². The molecule has 0 atom stereocenters. The van der Waals surface area contributed by atoms with Gasteiger partial charge in [-0.1, -0.05) is 30.0 Å². The Morgan fingerprint density at radius 3 is 2.00 bits per heavy atom. The van der Waals surface area contributed by atoms with Crippen LogP contribution < -0.4 is 0 Å². The van der Waals surface area contributed by atoms with E-state index < -0.39 is 8.32 Å². The second-order valence-electron chi connectivity index (χ2n) is 2.32. The van der Waals surface area contributed by atoms with E-state index in [-0.39, 0.29) is 0 Å². The highest BCUT2D eigenvalue weighted by Crippen LogP contribution is 2.01. The van der Waals surface area contributed by atoms with Crippen molar-refractivity contribution >= 4 is 8.32 Å². The SMILES string of the molecule is C#C[Si](C#C)(C#C)OCCCC. The van der Waals surface area contributed by atoms with E-state index in [0.29, 0.717) is 6.61 Å². The second kappa shape index (κ2) is 5.50. The van der Waals surface area contributed by atoms with Crippen LogP contribution in [0.3, 0.4) is 0 Å². The zero-order chi connectivity index (χ0) is 9.45. The van der Waals surface area contributed by atoms with E-state index in [0.717, 1.165) is 12.8 Å². The molecule has 12 heavy (non-hydrogen) atoms. The highest BCUT2D eigenvalue weighted by atomic mass is 28.4. The van der Waals surface area contributed by atoms with Crippen molar-refractivity contribution in [2.24, 2.45) is 0 Å². The molecule has 0 radical (unpaired) electrons. The molecule has 0 aromatic rings. The Hall–Kier alpha value is -1.14. The molecule has 0 unspecified atom stereocenters. The summed E-state index contributed by atoms with van der Waals surface area (Å²) in [5.74, 6) is 0. The predicted octanol–water partition coefficient (Wildman–Crippen LogP) is 1.27. The van der Waals surface area contributed by atoms with Gasteiger partial charge in [-0.2, -0.15) is 0 Å². The van der Waals surface area contributed by atoms with Crippen LogP contribution in [0.15, 0.2) is 0 Å². The highest BCUT2D eigenvalue weighted by Gasteiger charge is 2.28. The van der Waals surface area contributed by atoms with Gasteiger partial charge in [0.25, 0.3) is 0 Å². The Balaban J connectivity index is 4.11. The Labute approximate surface area is 75.6 Å². The van der Waals surface area contributed by atoms with E-state index in [1.54, 1.807) is 0 Å². The third-order valence-corrected chi connectivity index (χ3v) is 3.28. The van der Waals surface area contributed by atoms with Crippen LogP contribution in [0.25, 0.3) is 0 Å². The normalized spacial score (nSPS) is 9.50. The van der Waals surface area contributed by atoms with Gasteiger partial charge in [-0.25, -0.2) is 0 Å². The van der Waals surface area contributed by atoms with Crippen LogP contribution in [0.5, 0.6) is 0 Å². The molecule has 0 N–H and O–H groups in total. The molecular formula is C10H12OSi. The van der Waals surface area contributed by atoms with E-state index in [4.69, 9.17) is 23.7 Å². The molecule has 0 rings (SSSR count). The first-order valence-corrected chi connectivity index (χ1v) is 5.72. The van der Waals surface area contributed by atoms with Gasteiger partial charge >= 0.3 is 8.32 Å². The molecule has 0 spiro atoms. The minimum absolute atomic E-state index is 0.571. The molecule has 0 amide bonds. The lowest BCUT2D eigenvalue weighted by atomic mass is 10.4. The molecule has 0 fully saturated rings. The average Bonchev–Trinajstić information content (AvgIpc) is 2.14. The summed E-state index contributed by atoms with van der Waals surface area (Å²) in [6, 6.07) is 0. The molecule has 62 valence electrons. The summed E-state index contributed by atoms with van der Waals surface area (Å²) in [6.07, 6.45) is 17.6. The smallest absolute Gasteiger partial charge is 0.388 e. The zero-order valence-corrected chi connectivity index (χ0v) is 8.26. The van der Waals surface area contributed by atoms with Crippen molar-refractivity contribution in [2.75, 3.05) is 6.61 Å². The summed E-state index contributed by atoms with van der Waals surface area (Å²) >= 11 is 0. The molecule has 0 aromatic carbocycles. The number of hydrogen-bond acceptors (Lipinski definition) is 1. The molecular weight excluding hydrogens is 164 g/mol. The molecule has 0 bridgehead atoms. The Morgan fingerprint density at radius 2 is 1.67 bits per heavy atom. The molecule has 0 aliphatic carbocycles. The number of hydrogen-bond donors (Lipinski definition) is 0. The maximum absolute atomic E-state index is 5.35. The van der Waals surface area contributed by atoms with E-state index in [1.165, 1.54) is 0 Å². The van der Waals surface area contributed by atoms with Gasteiger partial charge in [0, 0.05) is 6.61 Å². The van der Waals surface area contributed by atoms with E-state index in [2.05, 4.69) is 23.6 Å². The van der Waals surface area contributed by atoms with Gasteiger partial charge in [-0.15, -0.1) is 19.3 Å². The third kappa shape index (κ3) is 2.85. The van der Waals surface area contributed by atoms with Crippen LogP contribution in [-0.4, -0.2) is 14.9 Å². The van der Waals surface area contributed by atoms with Gasteiger partial charge in [0.05, 0.1) is 0 Å². The van der Waals surface area contributed by atoms with Crippen molar-refractivity contribution in [1.29, 1.82) is 0 Å². The van der Waals surface area contributed by atoms with Gasteiger partial charge in [0.15, 0.2) is 0 Å². The quantitative estimate of drug-likeness (QED) is 0.356. The summed E-state index contributed by atoms with van der Waals surface area (Å²) < 4.78 is 5.35. The summed E-state index contributed by atoms with van der Waals surface area (Å²) in [6.45, 7) is 2.63. The van der Waals surface area contributed by atoms with Gasteiger partial charge in [0.2, 0.25) is 0 Å². The average molecular weight is 176 g/mol. The lowest BCUT2D eigenvalue weighted by molar-refractivity contribution is 0.316. The van der Waals surface area contributed by atoms with Gasteiger partial charge in [-0.3, -0.25) is 0 Å². The van der Waals surface area contributed by atoms with Crippen molar-refractivity contribution in [3.63, 3.8) is 0 Å². The van der Waals surface area contributed by atoms with E-state index >= 15 is 0 Å². The zero-order valence-electron chi connectivity index (χ0n) is 7.26. The standard InChI is InChI=1S/C10H12OSi/c1-5-9-10-11-12(6-2,7-3)8-4/h2-4H,5,9-10H2,1H3. The number of rotatable bonds is 4. The van der Waals surface area contributed by atoms with Gasteiger partial charge in [0.1, 0.15) is 0 Å². The van der Waals surface area contributed by atoms with E-state index in [9.17, 15) is 0 Å². The first kappa shape index (κ1) is 10.9.